The second-order valence-electron chi connectivity index (χ2n) is 4.95. The Morgan fingerprint density at radius 1 is 1.31 bits per heavy atom. The van der Waals surface area contributed by atoms with Gasteiger partial charge in [-0.25, -0.2) is 0 Å². The molecule has 0 amide bonds. The van der Waals surface area contributed by atoms with E-state index in [1.165, 1.54) is 18.6 Å². The van der Waals surface area contributed by atoms with Gasteiger partial charge < -0.3 is 5.32 Å². The maximum absolute atomic E-state index is 3.56. The normalized spacial score (nSPS) is 14.5. The third-order valence-corrected chi connectivity index (χ3v) is 2.77. The lowest BCUT2D eigenvalue weighted by Crippen LogP contribution is -2.29. The first-order valence-corrected chi connectivity index (χ1v) is 6.57. The summed E-state index contributed by atoms with van der Waals surface area (Å²) < 4.78 is 0. The largest absolute Gasteiger partial charge is 0.314 e. The Morgan fingerprint density at radius 3 is 2.38 bits per heavy atom. The van der Waals surface area contributed by atoms with Crippen LogP contribution in [0.5, 0.6) is 0 Å². The highest BCUT2D eigenvalue weighted by molar-refractivity contribution is 7.98. The van der Waals surface area contributed by atoms with E-state index >= 15 is 0 Å². The first-order chi connectivity index (χ1) is 5.95. The van der Waals surface area contributed by atoms with Gasteiger partial charge in [0.2, 0.25) is 0 Å². The Morgan fingerprint density at radius 2 is 1.92 bits per heavy atom. The summed E-state index contributed by atoms with van der Waals surface area (Å²) in [7, 11) is 0. The number of hydrogen-bond donors (Lipinski definition) is 1. The molecule has 0 aliphatic rings. The summed E-state index contributed by atoms with van der Waals surface area (Å²) in [5.41, 5.74) is 0.465. The van der Waals surface area contributed by atoms with Crippen molar-refractivity contribution in [2.45, 2.75) is 46.6 Å². The topological polar surface area (TPSA) is 12.0 Å². The minimum absolute atomic E-state index is 0.465. The average Bonchev–Trinajstić information content (AvgIpc) is 1.98. The summed E-state index contributed by atoms with van der Waals surface area (Å²) in [6.45, 7) is 10.3. The lowest BCUT2D eigenvalue weighted by atomic mass is 9.92. The molecule has 1 unspecified atom stereocenters. The van der Waals surface area contributed by atoms with Gasteiger partial charge in [-0.3, -0.25) is 0 Å². The van der Waals surface area contributed by atoms with Gasteiger partial charge in [-0.1, -0.05) is 20.8 Å². The van der Waals surface area contributed by atoms with Gasteiger partial charge in [0.25, 0.3) is 0 Å². The predicted molar refractivity (Wildman–Crippen MR) is 64.5 cm³/mol. The zero-order valence-electron chi connectivity index (χ0n) is 9.81. The number of thioether (sulfide) groups is 1. The standard InChI is InChI=1S/C11H25NS/c1-10(6-9-13-5)12-8-7-11(2,3)4/h10,12H,6-9H2,1-5H3. The molecule has 13 heavy (non-hydrogen) atoms. The van der Waals surface area contributed by atoms with E-state index in [-0.39, 0.29) is 0 Å². The van der Waals surface area contributed by atoms with E-state index in [9.17, 15) is 0 Å². The van der Waals surface area contributed by atoms with Crippen LogP contribution in [0.15, 0.2) is 0 Å². The minimum atomic E-state index is 0.465. The third kappa shape index (κ3) is 10.2. The molecule has 0 rings (SSSR count). The minimum Gasteiger partial charge on any atom is -0.314 e. The van der Waals surface area contributed by atoms with Crippen molar-refractivity contribution in [3.63, 3.8) is 0 Å². The maximum atomic E-state index is 3.56. The third-order valence-electron chi connectivity index (χ3n) is 2.12. The Bertz CT molecular complexity index is 118. The molecule has 0 aliphatic heterocycles. The molecule has 0 aromatic carbocycles. The fourth-order valence-corrected chi connectivity index (χ4v) is 1.68. The Kier molecular flexibility index (Phi) is 6.88. The molecule has 0 spiro atoms. The molecule has 0 saturated carbocycles. The molecule has 1 atom stereocenters. The van der Waals surface area contributed by atoms with E-state index in [4.69, 9.17) is 0 Å². The molecule has 1 nitrogen and oxygen atoms in total. The van der Waals surface area contributed by atoms with Gasteiger partial charge in [-0.15, -0.1) is 0 Å². The molecule has 2 heteroatoms. The van der Waals surface area contributed by atoms with Gasteiger partial charge in [0.05, 0.1) is 0 Å². The van der Waals surface area contributed by atoms with Crippen LogP contribution < -0.4 is 5.32 Å². The first-order valence-electron chi connectivity index (χ1n) is 5.18. The van der Waals surface area contributed by atoms with Crippen LogP contribution in [-0.2, 0) is 0 Å². The summed E-state index contributed by atoms with van der Waals surface area (Å²) in [6, 6.07) is 0.676. The summed E-state index contributed by atoms with van der Waals surface area (Å²) >= 11 is 1.93. The maximum Gasteiger partial charge on any atom is 0.00465 e. The highest BCUT2D eigenvalue weighted by Gasteiger charge is 2.09. The second-order valence-corrected chi connectivity index (χ2v) is 5.93. The van der Waals surface area contributed by atoms with Gasteiger partial charge in [-0.2, -0.15) is 11.8 Å². The van der Waals surface area contributed by atoms with E-state index in [0.717, 1.165) is 6.54 Å². The molecule has 0 saturated heterocycles. The highest BCUT2D eigenvalue weighted by atomic mass is 32.2. The molecule has 0 bridgehead atoms. The van der Waals surface area contributed by atoms with Crippen molar-refractivity contribution in [3.05, 3.63) is 0 Å². The van der Waals surface area contributed by atoms with Crippen molar-refractivity contribution in [2.75, 3.05) is 18.6 Å². The molecular weight excluding hydrogens is 178 g/mol. The van der Waals surface area contributed by atoms with Crippen molar-refractivity contribution in [1.29, 1.82) is 0 Å². The van der Waals surface area contributed by atoms with Crippen LogP contribution >= 0.6 is 11.8 Å². The number of hydrogen-bond acceptors (Lipinski definition) is 2. The Hall–Kier alpha value is 0.310. The molecule has 0 aromatic rings. The van der Waals surface area contributed by atoms with Crippen LogP contribution in [0.25, 0.3) is 0 Å². The van der Waals surface area contributed by atoms with Crippen molar-refractivity contribution < 1.29 is 0 Å². The van der Waals surface area contributed by atoms with Crippen molar-refractivity contribution in [1.82, 2.24) is 5.32 Å². The number of rotatable bonds is 6. The van der Waals surface area contributed by atoms with Crippen LogP contribution in [0.3, 0.4) is 0 Å². The van der Waals surface area contributed by atoms with Crippen LogP contribution in [0.1, 0.15) is 40.5 Å². The van der Waals surface area contributed by atoms with Gasteiger partial charge in [0, 0.05) is 6.04 Å². The zero-order valence-corrected chi connectivity index (χ0v) is 10.6. The van der Waals surface area contributed by atoms with Crippen molar-refractivity contribution in [3.8, 4) is 0 Å². The lowest BCUT2D eigenvalue weighted by molar-refractivity contribution is 0.355. The quantitative estimate of drug-likeness (QED) is 0.712. The fraction of sp³-hybridized carbons (Fsp3) is 1.00. The Labute approximate surface area is 88.1 Å². The molecular formula is C11H25NS. The monoisotopic (exact) mass is 203 g/mol. The summed E-state index contributed by atoms with van der Waals surface area (Å²) in [4.78, 5) is 0. The van der Waals surface area contributed by atoms with E-state index in [1.807, 2.05) is 11.8 Å². The zero-order chi connectivity index (χ0) is 10.3. The van der Waals surface area contributed by atoms with Crippen molar-refractivity contribution >= 4 is 11.8 Å². The highest BCUT2D eigenvalue weighted by Crippen LogP contribution is 2.17. The molecule has 0 heterocycles. The van der Waals surface area contributed by atoms with E-state index in [0.29, 0.717) is 11.5 Å². The molecule has 0 radical (unpaired) electrons. The first kappa shape index (κ1) is 13.3. The van der Waals surface area contributed by atoms with Crippen LogP contribution in [0, 0.1) is 5.41 Å². The molecule has 0 aromatic heterocycles. The molecule has 0 fully saturated rings. The van der Waals surface area contributed by atoms with Crippen LogP contribution in [0.2, 0.25) is 0 Å². The summed E-state index contributed by atoms with van der Waals surface area (Å²) in [6.07, 6.45) is 4.71. The van der Waals surface area contributed by atoms with E-state index in [2.05, 4.69) is 39.3 Å². The van der Waals surface area contributed by atoms with Gasteiger partial charge in [0.15, 0.2) is 0 Å². The van der Waals surface area contributed by atoms with Crippen molar-refractivity contribution in [2.24, 2.45) is 5.41 Å². The van der Waals surface area contributed by atoms with Gasteiger partial charge in [0.1, 0.15) is 0 Å². The smallest absolute Gasteiger partial charge is 0.00465 e. The van der Waals surface area contributed by atoms with Gasteiger partial charge >= 0.3 is 0 Å². The predicted octanol–water partition coefficient (Wildman–Crippen LogP) is 3.15. The fourth-order valence-electron chi connectivity index (χ4n) is 1.09. The number of nitrogens with one attached hydrogen (secondary N) is 1. The molecule has 80 valence electrons. The lowest BCUT2D eigenvalue weighted by Gasteiger charge is -2.20. The molecule has 1 N–H and O–H groups in total. The van der Waals surface area contributed by atoms with E-state index < -0.39 is 0 Å². The molecule has 0 aliphatic carbocycles. The van der Waals surface area contributed by atoms with Gasteiger partial charge in [-0.05, 0) is 43.7 Å². The average molecular weight is 203 g/mol. The van der Waals surface area contributed by atoms with Crippen LogP contribution in [-0.4, -0.2) is 24.6 Å². The van der Waals surface area contributed by atoms with E-state index in [1.54, 1.807) is 0 Å². The second kappa shape index (κ2) is 6.72. The Balaban J connectivity index is 3.31. The summed E-state index contributed by atoms with van der Waals surface area (Å²) in [5, 5.41) is 3.56. The van der Waals surface area contributed by atoms with Crippen LogP contribution in [0.4, 0.5) is 0 Å². The SMILES string of the molecule is CSCCC(C)NCCC(C)(C)C. The summed E-state index contributed by atoms with van der Waals surface area (Å²) in [5.74, 6) is 1.27.